The number of hydrogen-bond donors (Lipinski definition) is 1. The molecule has 2 aliphatic heterocycles. The molecule has 0 saturated carbocycles. The molecule has 0 spiro atoms. The predicted molar refractivity (Wildman–Crippen MR) is 103 cm³/mol. The van der Waals surface area contributed by atoms with Gasteiger partial charge in [-0.05, 0) is 49.4 Å². The molecule has 0 amide bonds. The summed E-state index contributed by atoms with van der Waals surface area (Å²) >= 11 is 0. The summed E-state index contributed by atoms with van der Waals surface area (Å²) in [6, 6.07) is 10.6. The smallest absolute Gasteiger partial charge is 0.0476 e. The van der Waals surface area contributed by atoms with Gasteiger partial charge in [0.1, 0.15) is 0 Å². The maximum absolute atomic E-state index is 3.59. The summed E-state index contributed by atoms with van der Waals surface area (Å²) in [6.07, 6.45) is 2.74. The Hall–Kier alpha value is -0.900. The van der Waals surface area contributed by atoms with E-state index in [2.05, 4.69) is 67.1 Å². The predicted octanol–water partition coefficient (Wildman–Crippen LogP) is 3.41. The molecule has 2 fully saturated rings. The monoisotopic (exact) mass is 329 g/mol. The van der Waals surface area contributed by atoms with Crippen LogP contribution in [0, 0.1) is 0 Å². The van der Waals surface area contributed by atoms with Crippen molar-refractivity contribution in [1.82, 2.24) is 15.1 Å². The van der Waals surface area contributed by atoms with Crippen LogP contribution in [0.5, 0.6) is 0 Å². The molecule has 2 saturated heterocycles. The third kappa shape index (κ3) is 4.38. The molecule has 0 radical (unpaired) electrons. The highest BCUT2D eigenvalue weighted by atomic mass is 15.3. The molecule has 0 aromatic heterocycles. The summed E-state index contributed by atoms with van der Waals surface area (Å²) in [4.78, 5) is 5.36. The van der Waals surface area contributed by atoms with Crippen LogP contribution >= 0.6 is 0 Å². The summed E-state index contributed by atoms with van der Waals surface area (Å²) in [5, 5.41) is 3.59. The SMILES string of the molecule is CC1CN(C(CN2CCCC2)c2ccc(C(C)(C)C)cc2)CCN1. The lowest BCUT2D eigenvalue weighted by Gasteiger charge is -2.39. The number of nitrogens with zero attached hydrogens (tertiary/aromatic N) is 2. The number of likely N-dealkylation sites (tertiary alicyclic amines) is 1. The third-order valence-electron chi connectivity index (χ3n) is 5.63. The fraction of sp³-hybridized carbons (Fsp3) is 0.714. The van der Waals surface area contributed by atoms with Crippen LogP contribution in [0.2, 0.25) is 0 Å². The van der Waals surface area contributed by atoms with Crippen LogP contribution in [-0.2, 0) is 5.41 Å². The Kier molecular flexibility index (Phi) is 5.63. The van der Waals surface area contributed by atoms with Crippen LogP contribution in [0.4, 0.5) is 0 Å². The minimum Gasteiger partial charge on any atom is -0.312 e. The van der Waals surface area contributed by atoms with E-state index in [9.17, 15) is 0 Å². The molecular weight excluding hydrogens is 294 g/mol. The lowest BCUT2D eigenvalue weighted by atomic mass is 9.86. The van der Waals surface area contributed by atoms with Gasteiger partial charge in [0.25, 0.3) is 0 Å². The van der Waals surface area contributed by atoms with E-state index in [0.29, 0.717) is 12.1 Å². The number of hydrogen-bond acceptors (Lipinski definition) is 3. The Bertz CT molecular complexity index is 511. The van der Waals surface area contributed by atoms with Crippen molar-refractivity contribution in [2.24, 2.45) is 0 Å². The molecule has 3 nitrogen and oxygen atoms in total. The molecule has 134 valence electrons. The van der Waals surface area contributed by atoms with Crippen molar-refractivity contribution in [2.45, 2.75) is 58.0 Å². The molecule has 0 aliphatic carbocycles. The van der Waals surface area contributed by atoms with Crippen molar-refractivity contribution >= 4 is 0 Å². The van der Waals surface area contributed by atoms with Crippen LogP contribution in [0.3, 0.4) is 0 Å². The topological polar surface area (TPSA) is 18.5 Å². The summed E-state index contributed by atoms with van der Waals surface area (Å²) < 4.78 is 0. The zero-order valence-corrected chi connectivity index (χ0v) is 16.0. The Morgan fingerprint density at radius 1 is 1.08 bits per heavy atom. The standard InChI is InChI=1S/C21H35N3/c1-17-15-24(14-11-22-17)20(16-23-12-5-6-13-23)18-7-9-19(10-8-18)21(2,3)4/h7-10,17,20,22H,5-6,11-16H2,1-4H3. The molecule has 1 aromatic rings. The third-order valence-corrected chi connectivity index (χ3v) is 5.63. The van der Waals surface area contributed by atoms with Crippen molar-refractivity contribution in [3.05, 3.63) is 35.4 Å². The van der Waals surface area contributed by atoms with Gasteiger partial charge in [-0.2, -0.15) is 0 Å². The Balaban J connectivity index is 1.80. The lowest BCUT2D eigenvalue weighted by Crippen LogP contribution is -2.52. The first-order valence-corrected chi connectivity index (χ1v) is 9.74. The van der Waals surface area contributed by atoms with Gasteiger partial charge in [0.2, 0.25) is 0 Å². The summed E-state index contributed by atoms with van der Waals surface area (Å²) in [5.74, 6) is 0. The first-order valence-electron chi connectivity index (χ1n) is 9.74. The molecule has 3 heteroatoms. The van der Waals surface area contributed by atoms with Crippen molar-refractivity contribution in [1.29, 1.82) is 0 Å². The highest BCUT2D eigenvalue weighted by Gasteiger charge is 2.28. The average molecular weight is 330 g/mol. The minimum atomic E-state index is 0.229. The zero-order chi connectivity index (χ0) is 17.2. The molecule has 1 N–H and O–H groups in total. The van der Waals surface area contributed by atoms with E-state index in [1.54, 1.807) is 0 Å². The lowest BCUT2D eigenvalue weighted by molar-refractivity contribution is 0.117. The first-order chi connectivity index (χ1) is 11.4. The molecule has 3 rings (SSSR count). The largest absolute Gasteiger partial charge is 0.312 e. The molecule has 2 atom stereocenters. The molecule has 1 aromatic carbocycles. The highest BCUT2D eigenvalue weighted by Crippen LogP contribution is 2.28. The van der Waals surface area contributed by atoms with Gasteiger partial charge in [-0.15, -0.1) is 0 Å². The van der Waals surface area contributed by atoms with Crippen LogP contribution in [-0.4, -0.2) is 55.1 Å². The average Bonchev–Trinajstić information content (AvgIpc) is 3.05. The van der Waals surface area contributed by atoms with E-state index in [0.717, 1.165) is 19.6 Å². The molecular formula is C21H35N3. The Labute approximate surface area is 148 Å². The summed E-state index contributed by atoms with van der Waals surface area (Å²) in [6.45, 7) is 16.3. The van der Waals surface area contributed by atoms with E-state index >= 15 is 0 Å². The molecule has 2 aliphatic rings. The molecule has 0 bridgehead atoms. The number of benzene rings is 1. The highest BCUT2D eigenvalue weighted by molar-refractivity contribution is 5.29. The van der Waals surface area contributed by atoms with Gasteiger partial charge < -0.3 is 10.2 Å². The van der Waals surface area contributed by atoms with Crippen molar-refractivity contribution in [3.63, 3.8) is 0 Å². The number of piperazine rings is 1. The van der Waals surface area contributed by atoms with Crippen LogP contribution < -0.4 is 5.32 Å². The summed E-state index contributed by atoms with van der Waals surface area (Å²) in [7, 11) is 0. The molecule has 2 unspecified atom stereocenters. The maximum atomic E-state index is 3.59. The van der Waals surface area contributed by atoms with Crippen molar-refractivity contribution < 1.29 is 0 Å². The van der Waals surface area contributed by atoms with E-state index in [-0.39, 0.29) is 5.41 Å². The van der Waals surface area contributed by atoms with Gasteiger partial charge in [-0.3, -0.25) is 4.90 Å². The van der Waals surface area contributed by atoms with Crippen molar-refractivity contribution in [2.75, 3.05) is 39.3 Å². The van der Waals surface area contributed by atoms with E-state index in [1.165, 1.54) is 43.6 Å². The molecule has 24 heavy (non-hydrogen) atoms. The van der Waals surface area contributed by atoms with Gasteiger partial charge in [0.15, 0.2) is 0 Å². The van der Waals surface area contributed by atoms with Crippen molar-refractivity contribution in [3.8, 4) is 0 Å². The Morgan fingerprint density at radius 2 is 1.75 bits per heavy atom. The van der Waals surface area contributed by atoms with E-state index in [1.807, 2.05) is 0 Å². The van der Waals surface area contributed by atoms with E-state index in [4.69, 9.17) is 0 Å². The normalized spacial score (nSPS) is 25.1. The van der Waals surface area contributed by atoms with Gasteiger partial charge in [0, 0.05) is 38.3 Å². The second-order valence-electron chi connectivity index (χ2n) is 8.75. The van der Waals surface area contributed by atoms with Gasteiger partial charge in [-0.1, -0.05) is 45.0 Å². The number of rotatable bonds is 4. The second-order valence-corrected chi connectivity index (χ2v) is 8.75. The zero-order valence-electron chi connectivity index (χ0n) is 16.0. The molecule has 2 heterocycles. The summed E-state index contributed by atoms with van der Waals surface area (Å²) in [5.41, 5.74) is 3.15. The van der Waals surface area contributed by atoms with Gasteiger partial charge in [-0.25, -0.2) is 0 Å². The van der Waals surface area contributed by atoms with Gasteiger partial charge in [0.05, 0.1) is 0 Å². The van der Waals surface area contributed by atoms with Crippen LogP contribution in [0.1, 0.15) is 57.7 Å². The fourth-order valence-electron chi connectivity index (χ4n) is 4.09. The van der Waals surface area contributed by atoms with E-state index < -0.39 is 0 Å². The Morgan fingerprint density at radius 3 is 2.33 bits per heavy atom. The van der Waals surface area contributed by atoms with Crippen LogP contribution in [0.15, 0.2) is 24.3 Å². The second kappa shape index (κ2) is 7.55. The fourth-order valence-corrected chi connectivity index (χ4v) is 4.09. The first kappa shape index (κ1) is 17.9. The number of nitrogens with one attached hydrogen (secondary N) is 1. The van der Waals surface area contributed by atoms with Crippen LogP contribution in [0.25, 0.3) is 0 Å². The minimum absolute atomic E-state index is 0.229. The van der Waals surface area contributed by atoms with Gasteiger partial charge >= 0.3 is 0 Å². The quantitative estimate of drug-likeness (QED) is 0.913. The maximum Gasteiger partial charge on any atom is 0.0476 e.